The summed E-state index contributed by atoms with van der Waals surface area (Å²) in [5, 5.41) is 21.7. The van der Waals surface area contributed by atoms with Gasteiger partial charge in [-0.15, -0.1) is 10.2 Å². The maximum absolute atomic E-state index is 12.5. The second-order valence-corrected chi connectivity index (χ2v) is 9.81. The number of nitrogens with zero attached hydrogens (tertiary/aromatic N) is 3. The number of hydrogen-bond acceptors (Lipinski definition) is 5. The molecule has 5 rings (SSSR count). The van der Waals surface area contributed by atoms with Gasteiger partial charge in [0.15, 0.2) is 12.3 Å². The summed E-state index contributed by atoms with van der Waals surface area (Å²) in [5.41, 5.74) is 2.03. The zero-order chi connectivity index (χ0) is 27.2. The Hall–Kier alpha value is -4.65. The highest BCUT2D eigenvalue weighted by atomic mass is 16.5. The monoisotopic (exact) mass is 521 g/mol. The molecule has 0 spiro atoms. The topological polar surface area (TPSA) is 85.4 Å². The van der Waals surface area contributed by atoms with Gasteiger partial charge in [0.1, 0.15) is 11.5 Å². The SMILES string of the molecule is CC(C)CCOc1ccc(Cn2c(O)c(N=NC(=O)COc3cccc4ccccc34)c3ccccc32)cc1. The molecule has 0 atom stereocenters. The number of hydrogen-bond donors (Lipinski definition) is 1. The summed E-state index contributed by atoms with van der Waals surface area (Å²) in [6, 6.07) is 28.8. The largest absolute Gasteiger partial charge is 0.494 e. The third-order valence-electron chi connectivity index (χ3n) is 6.51. The van der Waals surface area contributed by atoms with Gasteiger partial charge in [0.2, 0.25) is 5.88 Å². The third-order valence-corrected chi connectivity index (χ3v) is 6.51. The number of benzene rings is 4. The molecule has 0 bridgehead atoms. The van der Waals surface area contributed by atoms with Crippen LogP contribution in [0.15, 0.2) is 101 Å². The van der Waals surface area contributed by atoms with Crippen LogP contribution in [-0.2, 0) is 11.3 Å². The first-order chi connectivity index (χ1) is 19.0. The molecule has 5 aromatic rings. The molecule has 0 aliphatic heterocycles. The summed E-state index contributed by atoms with van der Waals surface area (Å²) in [7, 11) is 0. The Kier molecular flexibility index (Phi) is 7.87. The van der Waals surface area contributed by atoms with Crippen LogP contribution in [-0.4, -0.2) is 28.8 Å². The first kappa shape index (κ1) is 26.0. The number of ether oxygens (including phenoxy) is 2. The van der Waals surface area contributed by atoms with E-state index >= 15 is 0 Å². The van der Waals surface area contributed by atoms with Crippen molar-refractivity contribution in [3.8, 4) is 17.4 Å². The number of aromatic hydroxyl groups is 1. The molecule has 1 N–H and O–H groups in total. The average Bonchev–Trinajstić information content (AvgIpc) is 3.21. The van der Waals surface area contributed by atoms with Gasteiger partial charge in [0.25, 0.3) is 0 Å². The Morgan fingerprint density at radius 3 is 2.38 bits per heavy atom. The fourth-order valence-electron chi connectivity index (χ4n) is 4.41. The minimum absolute atomic E-state index is 0.0556. The lowest BCUT2D eigenvalue weighted by molar-refractivity contribution is -0.120. The second-order valence-electron chi connectivity index (χ2n) is 9.81. The molecule has 39 heavy (non-hydrogen) atoms. The van der Waals surface area contributed by atoms with Crippen LogP contribution in [0.5, 0.6) is 17.4 Å². The zero-order valence-corrected chi connectivity index (χ0v) is 22.1. The van der Waals surface area contributed by atoms with Crippen molar-refractivity contribution < 1.29 is 19.4 Å². The lowest BCUT2D eigenvalue weighted by Crippen LogP contribution is -2.08. The Labute approximate surface area is 227 Å². The average molecular weight is 522 g/mol. The number of amides is 1. The molecule has 1 amide bonds. The van der Waals surface area contributed by atoms with E-state index in [9.17, 15) is 9.90 Å². The van der Waals surface area contributed by atoms with E-state index in [1.807, 2.05) is 91.0 Å². The van der Waals surface area contributed by atoms with Crippen LogP contribution in [0, 0.1) is 5.92 Å². The van der Waals surface area contributed by atoms with Gasteiger partial charge in [-0.3, -0.25) is 4.79 Å². The van der Waals surface area contributed by atoms with Crippen molar-refractivity contribution in [2.75, 3.05) is 13.2 Å². The van der Waals surface area contributed by atoms with Crippen molar-refractivity contribution in [1.29, 1.82) is 0 Å². The van der Waals surface area contributed by atoms with Crippen LogP contribution >= 0.6 is 0 Å². The van der Waals surface area contributed by atoms with Crippen molar-refractivity contribution >= 4 is 33.3 Å². The smallest absolute Gasteiger partial charge is 0.302 e. The summed E-state index contributed by atoms with van der Waals surface area (Å²) in [6.07, 6.45) is 1.00. The number of carbonyl (C=O) groups is 1. The van der Waals surface area contributed by atoms with E-state index in [1.54, 1.807) is 4.57 Å². The first-order valence-corrected chi connectivity index (χ1v) is 13.1. The molecular formula is C32H31N3O4. The number of fused-ring (bicyclic) bond motifs is 2. The van der Waals surface area contributed by atoms with E-state index in [-0.39, 0.29) is 18.2 Å². The molecule has 7 nitrogen and oxygen atoms in total. The second kappa shape index (κ2) is 11.8. The number of para-hydroxylation sites is 1. The van der Waals surface area contributed by atoms with Gasteiger partial charge in [-0.25, -0.2) is 0 Å². The van der Waals surface area contributed by atoms with E-state index in [2.05, 4.69) is 24.1 Å². The highest BCUT2D eigenvalue weighted by Crippen LogP contribution is 2.39. The quantitative estimate of drug-likeness (QED) is 0.191. The molecule has 4 aromatic carbocycles. The summed E-state index contributed by atoms with van der Waals surface area (Å²) >= 11 is 0. The first-order valence-electron chi connectivity index (χ1n) is 13.1. The van der Waals surface area contributed by atoms with Gasteiger partial charge >= 0.3 is 5.91 Å². The van der Waals surface area contributed by atoms with Gasteiger partial charge in [-0.05, 0) is 47.6 Å². The fraction of sp³-hybridized carbons (Fsp3) is 0.219. The molecule has 0 saturated carbocycles. The van der Waals surface area contributed by atoms with Crippen LogP contribution in [0.2, 0.25) is 0 Å². The van der Waals surface area contributed by atoms with Crippen LogP contribution in [0.25, 0.3) is 21.7 Å². The van der Waals surface area contributed by atoms with E-state index in [0.29, 0.717) is 30.2 Å². The minimum Gasteiger partial charge on any atom is -0.494 e. The minimum atomic E-state index is -0.549. The molecule has 0 radical (unpaired) electrons. The lowest BCUT2D eigenvalue weighted by atomic mass is 10.1. The summed E-state index contributed by atoms with van der Waals surface area (Å²) < 4.78 is 13.3. The Balaban J connectivity index is 1.30. The number of azo groups is 1. The van der Waals surface area contributed by atoms with Gasteiger partial charge in [-0.2, -0.15) is 0 Å². The van der Waals surface area contributed by atoms with Crippen molar-refractivity contribution in [1.82, 2.24) is 4.57 Å². The Morgan fingerprint density at radius 2 is 1.59 bits per heavy atom. The van der Waals surface area contributed by atoms with Crippen molar-refractivity contribution in [2.45, 2.75) is 26.8 Å². The maximum atomic E-state index is 12.5. The normalized spacial score (nSPS) is 11.6. The fourth-order valence-corrected chi connectivity index (χ4v) is 4.41. The van der Waals surface area contributed by atoms with Crippen molar-refractivity contribution in [2.24, 2.45) is 16.1 Å². The summed E-state index contributed by atoms with van der Waals surface area (Å²) in [5.74, 6) is 1.41. The maximum Gasteiger partial charge on any atom is 0.302 e. The molecule has 7 heteroatoms. The third kappa shape index (κ3) is 6.09. The zero-order valence-electron chi connectivity index (χ0n) is 22.1. The summed E-state index contributed by atoms with van der Waals surface area (Å²) in [4.78, 5) is 12.5. The molecule has 1 aromatic heterocycles. The number of rotatable bonds is 10. The van der Waals surface area contributed by atoms with Crippen molar-refractivity contribution in [3.63, 3.8) is 0 Å². The Morgan fingerprint density at radius 1 is 0.872 bits per heavy atom. The predicted molar refractivity (Wildman–Crippen MR) is 153 cm³/mol. The van der Waals surface area contributed by atoms with Crippen LogP contribution < -0.4 is 9.47 Å². The molecule has 0 unspecified atom stereocenters. The van der Waals surface area contributed by atoms with Crippen LogP contribution in [0.1, 0.15) is 25.8 Å². The molecule has 0 aliphatic rings. The van der Waals surface area contributed by atoms with Crippen molar-refractivity contribution in [3.05, 3.63) is 96.6 Å². The molecule has 198 valence electrons. The van der Waals surface area contributed by atoms with E-state index in [1.165, 1.54) is 0 Å². The molecule has 0 aliphatic carbocycles. The molecule has 0 saturated heterocycles. The van der Waals surface area contributed by atoms with Gasteiger partial charge in [0, 0.05) is 10.8 Å². The van der Waals surface area contributed by atoms with Gasteiger partial charge in [0.05, 0.1) is 18.7 Å². The predicted octanol–water partition coefficient (Wildman–Crippen LogP) is 7.66. The molecule has 0 fully saturated rings. The van der Waals surface area contributed by atoms with Crippen LogP contribution in [0.4, 0.5) is 5.69 Å². The highest BCUT2D eigenvalue weighted by Gasteiger charge is 2.17. The van der Waals surface area contributed by atoms with Gasteiger partial charge in [-0.1, -0.05) is 80.6 Å². The Bertz CT molecular complexity index is 1620. The van der Waals surface area contributed by atoms with Crippen LogP contribution in [0.3, 0.4) is 0 Å². The lowest BCUT2D eigenvalue weighted by Gasteiger charge is -2.10. The van der Waals surface area contributed by atoms with Gasteiger partial charge < -0.3 is 19.1 Å². The highest BCUT2D eigenvalue weighted by molar-refractivity contribution is 5.95. The number of aromatic nitrogens is 1. The van der Waals surface area contributed by atoms with E-state index in [4.69, 9.17) is 9.47 Å². The molecule has 1 heterocycles. The number of carbonyl (C=O) groups excluding carboxylic acids is 1. The summed E-state index contributed by atoms with van der Waals surface area (Å²) in [6.45, 7) is 5.18. The standard InChI is InChI=1S/C32H31N3O4/c1-22(2)18-19-38-25-16-14-23(15-17-25)20-35-28-12-6-5-11-27(28)31(32(35)37)34-33-30(36)21-39-29-13-7-9-24-8-3-4-10-26(24)29/h3-17,22,37H,18-21H2,1-2H3. The molecular weight excluding hydrogens is 490 g/mol. The van der Waals surface area contributed by atoms with E-state index < -0.39 is 5.91 Å². The van der Waals surface area contributed by atoms with E-state index in [0.717, 1.165) is 34.0 Å².